The van der Waals surface area contributed by atoms with Crippen LogP contribution >= 0.6 is 0 Å². The van der Waals surface area contributed by atoms with Gasteiger partial charge in [0.05, 0.1) is 6.61 Å². The highest BCUT2D eigenvalue weighted by atomic mass is 16.5. The van der Waals surface area contributed by atoms with Gasteiger partial charge in [-0.3, -0.25) is 0 Å². The quantitative estimate of drug-likeness (QED) is 0.347. The van der Waals surface area contributed by atoms with Gasteiger partial charge in [-0.25, -0.2) is 4.79 Å². The van der Waals surface area contributed by atoms with Crippen LogP contribution in [0.4, 0.5) is 0 Å². The van der Waals surface area contributed by atoms with E-state index >= 15 is 0 Å². The summed E-state index contributed by atoms with van der Waals surface area (Å²) in [6.07, 6.45) is 6.17. The van der Waals surface area contributed by atoms with Crippen molar-refractivity contribution in [1.82, 2.24) is 0 Å². The maximum Gasteiger partial charge on any atom is 0.330 e. The zero-order valence-electron chi connectivity index (χ0n) is 7.30. The molecule has 0 heterocycles. The monoisotopic (exact) mass is 156 g/mol. The van der Waals surface area contributed by atoms with Crippen molar-refractivity contribution < 1.29 is 9.53 Å². The highest BCUT2D eigenvalue weighted by molar-refractivity contribution is 5.81. The number of hydrogen-bond acceptors (Lipinski definition) is 2. The Morgan fingerprint density at radius 1 is 1.45 bits per heavy atom. The Kier molecular flexibility index (Phi) is 6.79. The van der Waals surface area contributed by atoms with Gasteiger partial charge < -0.3 is 4.74 Å². The van der Waals surface area contributed by atoms with Crippen molar-refractivity contribution in [2.45, 2.75) is 33.1 Å². The minimum absolute atomic E-state index is 0.222. The standard InChI is InChI=1S/C9H16O2/c1-3-5-7-9(10)11-8-6-4-2/h5,7H,3-4,6,8H2,1-2H3. The third kappa shape index (κ3) is 7.10. The van der Waals surface area contributed by atoms with Gasteiger partial charge in [0.2, 0.25) is 0 Å². The summed E-state index contributed by atoms with van der Waals surface area (Å²) in [6, 6.07) is 0. The van der Waals surface area contributed by atoms with Gasteiger partial charge in [-0.1, -0.05) is 26.3 Å². The summed E-state index contributed by atoms with van der Waals surface area (Å²) < 4.78 is 4.86. The number of carbonyl (C=O) groups is 1. The molecule has 0 fully saturated rings. The molecule has 0 aliphatic heterocycles. The van der Waals surface area contributed by atoms with Gasteiger partial charge >= 0.3 is 5.97 Å². The van der Waals surface area contributed by atoms with Gasteiger partial charge in [-0.2, -0.15) is 0 Å². The van der Waals surface area contributed by atoms with Crippen LogP contribution < -0.4 is 0 Å². The number of unbranched alkanes of at least 4 members (excludes halogenated alkanes) is 1. The van der Waals surface area contributed by atoms with Gasteiger partial charge in [0.25, 0.3) is 0 Å². The normalized spacial score (nSPS) is 10.4. The lowest BCUT2D eigenvalue weighted by Crippen LogP contribution is -2.01. The molecule has 0 amide bonds. The molecule has 0 aliphatic rings. The van der Waals surface area contributed by atoms with E-state index in [-0.39, 0.29) is 5.97 Å². The van der Waals surface area contributed by atoms with Crippen LogP contribution in [-0.2, 0) is 9.53 Å². The molecule has 0 aliphatic carbocycles. The zero-order chi connectivity index (χ0) is 8.53. The Hall–Kier alpha value is -0.790. The van der Waals surface area contributed by atoms with Crippen LogP contribution in [0.5, 0.6) is 0 Å². The van der Waals surface area contributed by atoms with E-state index in [0.717, 1.165) is 19.3 Å². The fraction of sp³-hybridized carbons (Fsp3) is 0.667. The Morgan fingerprint density at radius 2 is 2.18 bits per heavy atom. The lowest BCUT2D eigenvalue weighted by atomic mass is 10.4. The van der Waals surface area contributed by atoms with E-state index < -0.39 is 0 Å². The van der Waals surface area contributed by atoms with Crippen LogP contribution in [0.1, 0.15) is 33.1 Å². The molecule has 0 N–H and O–H groups in total. The zero-order valence-corrected chi connectivity index (χ0v) is 7.30. The van der Waals surface area contributed by atoms with E-state index in [2.05, 4.69) is 6.92 Å². The first-order valence-corrected chi connectivity index (χ1v) is 4.14. The molecule has 0 saturated carbocycles. The smallest absolute Gasteiger partial charge is 0.330 e. The Morgan fingerprint density at radius 3 is 2.73 bits per heavy atom. The SMILES string of the molecule is CCC=CC(=O)OCCCC. The van der Waals surface area contributed by atoms with Gasteiger partial charge in [-0.05, 0) is 12.8 Å². The maximum absolute atomic E-state index is 10.8. The number of esters is 1. The second kappa shape index (κ2) is 7.32. The highest BCUT2D eigenvalue weighted by Gasteiger charge is 1.93. The highest BCUT2D eigenvalue weighted by Crippen LogP contribution is 1.90. The number of allylic oxidation sites excluding steroid dienone is 1. The number of carbonyl (C=O) groups excluding carboxylic acids is 1. The second-order valence-electron chi connectivity index (χ2n) is 2.33. The molecule has 0 saturated heterocycles. The van der Waals surface area contributed by atoms with Crippen LogP contribution in [0.3, 0.4) is 0 Å². The summed E-state index contributed by atoms with van der Waals surface area (Å²) in [4.78, 5) is 10.8. The fourth-order valence-electron chi connectivity index (χ4n) is 0.579. The van der Waals surface area contributed by atoms with Gasteiger partial charge in [0.15, 0.2) is 0 Å². The lowest BCUT2D eigenvalue weighted by molar-refractivity contribution is -0.137. The molecule has 2 nitrogen and oxygen atoms in total. The predicted molar refractivity (Wildman–Crippen MR) is 45.3 cm³/mol. The molecule has 0 spiro atoms. The van der Waals surface area contributed by atoms with Crippen molar-refractivity contribution in [2.24, 2.45) is 0 Å². The summed E-state index contributed by atoms with van der Waals surface area (Å²) >= 11 is 0. The van der Waals surface area contributed by atoms with E-state index in [1.165, 1.54) is 6.08 Å². The van der Waals surface area contributed by atoms with Crippen LogP contribution in [-0.4, -0.2) is 12.6 Å². The second-order valence-corrected chi connectivity index (χ2v) is 2.33. The Labute approximate surface area is 68.2 Å². The van der Waals surface area contributed by atoms with E-state index in [4.69, 9.17) is 4.74 Å². The summed E-state index contributed by atoms with van der Waals surface area (Å²) in [5.41, 5.74) is 0. The third-order valence-corrected chi connectivity index (χ3v) is 1.23. The lowest BCUT2D eigenvalue weighted by Gasteiger charge is -1.98. The van der Waals surface area contributed by atoms with Crippen LogP contribution in [0.2, 0.25) is 0 Å². The number of ether oxygens (including phenoxy) is 1. The van der Waals surface area contributed by atoms with E-state index in [1.807, 2.05) is 6.92 Å². The molecule has 0 radical (unpaired) electrons. The molecule has 0 rings (SSSR count). The first-order valence-electron chi connectivity index (χ1n) is 4.14. The summed E-state index contributed by atoms with van der Waals surface area (Å²) in [5.74, 6) is -0.222. The van der Waals surface area contributed by atoms with Crippen molar-refractivity contribution in [3.05, 3.63) is 12.2 Å². The maximum atomic E-state index is 10.8. The van der Waals surface area contributed by atoms with Crippen LogP contribution in [0, 0.1) is 0 Å². The van der Waals surface area contributed by atoms with Gasteiger partial charge in [0, 0.05) is 6.08 Å². The van der Waals surface area contributed by atoms with Crippen LogP contribution in [0.15, 0.2) is 12.2 Å². The molecule has 0 aromatic carbocycles. The molecule has 0 unspecified atom stereocenters. The summed E-state index contributed by atoms with van der Waals surface area (Å²) in [5, 5.41) is 0. The van der Waals surface area contributed by atoms with Crippen molar-refractivity contribution >= 4 is 5.97 Å². The molecular formula is C9H16O2. The molecule has 0 aromatic rings. The van der Waals surface area contributed by atoms with E-state index in [9.17, 15) is 4.79 Å². The number of rotatable bonds is 5. The van der Waals surface area contributed by atoms with Crippen molar-refractivity contribution in [3.8, 4) is 0 Å². The topological polar surface area (TPSA) is 26.3 Å². The summed E-state index contributed by atoms with van der Waals surface area (Å²) in [7, 11) is 0. The molecule has 64 valence electrons. The Bertz CT molecular complexity index is 128. The van der Waals surface area contributed by atoms with Crippen molar-refractivity contribution in [2.75, 3.05) is 6.61 Å². The van der Waals surface area contributed by atoms with Crippen molar-refractivity contribution in [1.29, 1.82) is 0 Å². The predicted octanol–water partition coefficient (Wildman–Crippen LogP) is 2.30. The van der Waals surface area contributed by atoms with Gasteiger partial charge in [0.1, 0.15) is 0 Å². The van der Waals surface area contributed by atoms with E-state index in [1.54, 1.807) is 6.08 Å². The molecule has 0 aromatic heterocycles. The van der Waals surface area contributed by atoms with E-state index in [0.29, 0.717) is 6.61 Å². The molecule has 0 bridgehead atoms. The first-order chi connectivity index (χ1) is 5.31. The molecule has 0 atom stereocenters. The number of hydrogen-bond donors (Lipinski definition) is 0. The molecule has 11 heavy (non-hydrogen) atoms. The molecular weight excluding hydrogens is 140 g/mol. The third-order valence-electron chi connectivity index (χ3n) is 1.23. The van der Waals surface area contributed by atoms with Crippen molar-refractivity contribution in [3.63, 3.8) is 0 Å². The minimum Gasteiger partial charge on any atom is -0.463 e. The average Bonchev–Trinajstić information content (AvgIpc) is 2.01. The average molecular weight is 156 g/mol. The first kappa shape index (κ1) is 10.2. The van der Waals surface area contributed by atoms with Crippen LogP contribution in [0.25, 0.3) is 0 Å². The largest absolute Gasteiger partial charge is 0.463 e. The molecule has 2 heteroatoms. The fourth-order valence-corrected chi connectivity index (χ4v) is 0.579. The Balaban J connectivity index is 3.30. The van der Waals surface area contributed by atoms with Gasteiger partial charge in [-0.15, -0.1) is 0 Å². The summed E-state index contributed by atoms with van der Waals surface area (Å²) in [6.45, 7) is 4.59. The minimum atomic E-state index is -0.222.